The Labute approximate surface area is 127 Å². The van der Waals surface area contributed by atoms with Crippen molar-refractivity contribution in [1.29, 1.82) is 0 Å². The van der Waals surface area contributed by atoms with Crippen molar-refractivity contribution >= 4 is 31.6 Å². The second-order valence-electron chi connectivity index (χ2n) is 5.24. The lowest BCUT2D eigenvalue weighted by Gasteiger charge is -2.21. The number of rotatable bonds is 2. The first-order valence-corrected chi connectivity index (χ1v) is 8.80. The van der Waals surface area contributed by atoms with Crippen LogP contribution in [0.25, 0.3) is 0 Å². The predicted octanol–water partition coefficient (Wildman–Crippen LogP) is 2.98. The third kappa shape index (κ3) is 3.15. The minimum Gasteiger partial charge on any atom is -0.398 e. The molecule has 1 saturated heterocycles. The first kappa shape index (κ1) is 15.7. The first-order valence-electron chi connectivity index (χ1n) is 6.57. The Morgan fingerprint density at radius 3 is 2.75 bits per heavy atom. The maximum atomic E-state index is 13.4. The van der Waals surface area contributed by atoms with Gasteiger partial charge < -0.3 is 5.73 Å². The highest BCUT2D eigenvalue weighted by atomic mass is 79.9. The standard InChI is InChI=1S/C13H18BrFN2O2S/c1-9-3-2-5-17(6-4-9)20(18,19)13-7-10(14)11(15)8-12(13)16/h7-9H,2-6,16H2,1H3. The van der Waals surface area contributed by atoms with E-state index in [-0.39, 0.29) is 15.1 Å². The quantitative estimate of drug-likeness (QED) is 0.820. The zero-order chi connectivity index (χ0) is 14.9. The number of sulfonamides is 1. The Morgan fingerprint density at radius 1 is 1.35 bits per heavy atom. The molecule has 0 radical (unpaired) electrons. The zero-order valence-corrected chi connectivity index (χ0v) is 13.7. The minimum atomic E-state index is -3.67. The van der Waals surface area contributed by atoms with Gasteiger partial charge in [-0.15, -0.1) is 0 Å². The fraction of sp³-hybridized carbons (Fsp3) is 0.538. The molecule has 0 amide bonds. The summed E-state index contributed by atoms with van der Waals surface area (Å²) in [6.45, 7) is 3.10. The third-order valence-electron chi connectivity index (χ3n) is 3.65. The number of halogens is 2. The average Bonchev–Trinajstić information content (AvgIpc) is 2.59. The molecule has 1 unspecified atom stereocenters. The molecule has 112 valence electrons. The van der Waals surface area contributed by atoms with E-state index in [1.54, 1.807) is 0 Å². The molecule has 0 aliphatic carbocycles. The molecule has 1 aromatic carbocycles. The van der Waals surface area contributed by atoms with E-state index < -0.39 is 15.8 Å². The lowest BCUT2D eigenvalue weighted by atomic mass is 10.0. The number of hydrogen-bond donors (Lipinski definition) is 1. The van der Waals surface area contributed by atoms with Crippen molar-refractivity contribution in [3.63, 3.8) is 0 Å². The zero-order valence-electron chi connectivity index (χ0n) is 11.3. The van der Waals surface area contributed by atoms with Gasteiger partial charge in [-0.3, -0.25) is 0 Å². The number of nitrogen functional groups attached to an aromatic ring is 1. The molecular formula is C13H18BrFN2O2S. The van der Waals surface area contributed by atoms with E-state index in [9.17, 15) is 12.8 Å². The van der Waals surface area contributed by atoms with Crippen LogP contribution >= 0.6 is 15.9 Å². The summed E-state index contributed by atoms with van der Waals surface area (Å²) in [6, 6.07) is 2.28. The van der Waals surface area contributed by atoms with Gasteiger partial charge in [-0.2, -0.15) is 4.31 Å². The molecule has 1 heterocycles. The third-order valence-corrected chi connectivity index (χ3v) is 6.21. The maximum Gasteiger partial charge on any atom is 0.245 e. The molecule has 0 spiro atoms. The molecule has 0 aromatic heterocycles. The maximum absolute atomic E-state index is 13.4. The molecular weight excluding hydrogens is 347 g/mol. The van der Waals surface area contributed by atoms with Gasteiger partial charge in [0.2, 0.25) is 10.0 Å². The van der Waals surface area contributed by atoms with Gasteiger partial charge in [0.15, 0.2) is 0 Å². The number of benzene rings is 1. The van der Waals surface area contributed by atoms with Crippen LogP contribution in [-0.4, -0.2) is 25.8 Å². The van der Waals surface area contributed by atoms with Crippen molar-refractivity contribution in [3.05, 3.63) is 22.4 Å². The van der Waals surface area contributed by atoms with Crippen LogP contribution in [0.4, 0.5) is 10.1 Å². The largest absolute Gasteiger partial charge is 0.398 e. The van der Waals surface area contributed by atoms with E-state index in [0.717, 1.165) is 25.3 Å². The second kappa shape index (κ2) is 5.99. The average molecular weight is 365 g/mol. The van der Waals surface area contributed by atoms with Gasteiger partial charge in [0.05, 0.1) is 10.2 Å². The molecule has 0 bridgehead atoms. The van der Waals surface area contributed by atoms with Gasteiger partial charge in [-0.1, -0.05) is 6.92 Å². The van der Waals surface area contributed by atoms with Crippen molar-refractivity contribution in [2.24, 2.45) is 5.92 Å². The summed E-state index contributed by atoms with van der Waals surface area (Å²) < 4.78 is 40.2. The van der Waals surface area contributed by atoms with Crippen LogP contribution in [0.1, 0.15) is 26.2 Å². The van der Waals surface area contributed by atoms with Gasteiger partial charge in [0.1, 0.15) is 10.7 Å². The van der Waals surface area contributed by atoms with E-state index in [2.05, 4.69) is 22.9 Å². The Balaban J connectivity index is 2.37. The monoisotopic (exact) mass is 364 g/mol. The van der Waals surface area contributed by atoms with Gasteiger partial charge in [-0.05, 0) is 53.2 Å². The minimum absolute atomic E-state index is 0.0275. The van der Waals surface area contributed by atoms with E-state index in [4.69, 9.17) is 5.73 Å². The number of nitrogens with two attached hydrogens (primary N) is 1. The topological polar surface area (TPSA) is 63.4 Å². The number of nitrogens with zero attached hydrogens (tertiary/aromatic N) is 1. The smallest absolute Gasteiger partial charge is 0.245 e. The second-order valence-corrected chi connectivity index (χ2v) is 8.00. The van der Waals surface area contributed by atoms with Crippen molar-refractivity contribution < 1.29 is 12.8 Å². The Kier molecular flexibility index (Phi) is 4.71. The molecule has 2 rings (SSSR count). The van der Waals surface area contributed by atoms with E-state index in [1.807, 2.05) is 0 Å². The highest BCUT2D eigenvalue weighted by molar-refractivity contribution is 9.10. The molecule has 1 atom stereocenters. The number of hydrogen-bond acceptors (Lipinski definition) is 3. The lowest BCUT2D eigenvalue weighted by molar-refractivity contribution is 0.417. The molecule has 0 saturated carbocycles. The van der Waals surface area contributed by atoms with Crippen molar-refractivity contribution in [2.75, 3.05) is 18.8 Å². The molecule has 1 fully saturated rings. The molecule has 4 nitrogen and oxygen atoms in total. The summed E-state index contributed by atoms with van der Waals surface area (Å²) in [4.78, 5) is -0.0275. The van der Waals surface area contributed by atoms with Crippen LogP contribution in [0.15, 0.2) is 21.5 Å². The van der Waals surface area contributed by atoms with Crippen LogP contribution in [-0.2, 0) is 10.0 Å². The lowest BCUT2D eigenvalue weighted by Crippen LogP contribution is -2.32. The normalized spacial score (nSPS) is 21.6. The van der Waals surface area contributed by atoms with Gasteiger partial charge in [0, 0.05) is 13.1 Å². The molecule has 2 N–H and O–H groups in total. The summed E-state index contributed by atoms with van der Waals surface area (Å²) in [7, 11) is -3.67. The molecule has 1 aliphatic rings. The fourth-order valence-corrected chi connectivity index (χ4v) is 4.50. The SMILES string of the molecule is CC1CCCN(S(=O)(=O)c2cc(Br)c(F)cc2N)CC1. The van der Waals surface area contributed by atoms with Crippen molar-refractivity contribution in [1.82, 2.24) is 4.31 Å². The fourth-order valence-electron chi connectivity index (χ4n) is 2.38. The summed E-state index contributed by atoms with van der Waals surface area (Å²) in [6.07, 6.45) is 2.69. The van der Waals surface area contributed by atoms with Crippen molar-refractivity contribution in [2.45, 2.75) is 31.1 Å². The number of anilines is 1. The summed E-state index contributed by atoms with van der Waals surface area (Å²) >= 11 is 3.01. The Morgan fingerprint density at radius 2 is 2.05 bits per heavy atom. The van der Waals surface area contributed by atoms with E-state index >= 15 is 0 Å². The van der Waals surface area contributed by atoms with Crippen LogP contribution in [0.2, 0.25) is 0 Å². The summed E-state index contributed by atoms with van der Waals surface area (Å²) in [5.41, 5.74) is 5.63. The summed E-state index contributed by atoms with van der Waals surface area (Å²) in [5, 5.41) is 0. The van der Waals surface area contributed by atoms with E-state index in [0.29, 0.717) is 19.0 Å². The van der Waals surface area contributed by atoms with Gasteiger partial charge in [0.25, 0.3) is 0 Å². The van der Waals surface area contributed by atoms with Crippen LogP contribution < -0.4 is 5.73 Å². The first-order chi connectivity index (χ1) is 9.32. The van der Waals surface area contributed by atoms with Crippen LogP contribution in [0.5, 0.6) is 0 Å². The molecule has 20 heavy (non-hydrogen) atoms. The predicted molar refractivity (Wildman–Crippen MR) is 80.3 cm³/mol. The van der Waals surface area contributed by atoms with Gasteiger partial charge >= 0.3 is 0 Å². The summed E-state index contributed by atoms with van der Waals surface area (Å²) in [5.74, 6) is -0.0431. The van der Waals surface area contributed by atoms with Crippen molar-refractivity contribution in [3.8, 4) is 0 Å². The molecule has 1 aromatic rings. The Hall–Kier alpha value is -0.660. The van der Waals surface area contributed by atoms with Crippen LogP contribution in [0, 0.1) is 11.7 Å². The highest BCUT2D eigenvalue weighted by Crippen LogP contribution is 2.30. The Bertz CT molecular complexity index is 607. The molecule has 7 heteroatoms. The highest BCUT2D eigenvalue weighted by Gasteiger charge is 2.29. The van der Waals surface area contributed by atoms with Gasteiger partial charge in [-0.25, -0.2) is 12.8 Å². The molecule has 1 aliphatic heterocycles. The van der Waals surface area contributed by atoms with E-state index in [1.165, 1.54) is 10.4 Å². The van der Waals surface area contributed by atoms with Crippen LogP contribution in [0.3, 0.4) is 0 Å².